The van der Waals surface area contributed by atoms with Crippen LogP contribution in [0.25, 0.3) is 78.0 Å². The topological polar surface area (TPSA) is 51.8 Å². The van der Waals surface area contributed by atoms with Crippen molar-refractivity contribution >= 4 is 32.9 Å². The normalized spacial score (nSPS) is 11.4. The van der Waals surface area contributed by atoms with Crippen molar-refractivity contribution in [2.24, 2.45) is 0 Å². The molecule has 0 amide bonds. The standard InChI is InChI=1S/C37H23N3O/c1-2-10-25(11-3-1)35-36(39-32-15-7-6-14-31(32)38-35)30-23-22-27(28-12-4-5-13-29(28)30)24-18-20-26(21-19-24)37-40-33-16-8-9-17-34(33)41-37/h1-23H. The summed E-state index contributed by atoms with van der Waals surface area (Å²) in [5, 5.41) is 2.29. The van der Waals surface area contributed by atoms with E-state index in [1.165, 1.54) is 0 Å². The number of hydrogen-bond acceptors (Lipinski definition) is 4. The molecular formula is C37H23N3O. The lowest BCUT2D eigenvalue weighted by atomic mass is 9.92. The van der Waals surface area contributed by atoms with Gasteiger partial charge in [0.15, 0.2) is 5.58 Å². The molecule has 0 unspecified atom stereocenters. The summed E-state index contributed by atoms with van der Waals surface area (Å²) in [4.78, 5) is 14.9. The first-order valence-electron chi connectivity index (χ1n) is 13.6. The van der Waals surface area contributed by atoms with Gasteiger partial charge in [-0.3, -0.25) is 0 Å². The molecule has 4 nitrogen and oxygen atoms in total. The van der Waals surface area contributed by atoms with Crippen LogP contribution in [-0.4, -0.2) is 15.0 Å². The molecule has 0 aliphatic carbocycles. The van der Waals surface area contributed by atoms with Crippen LogP contribution in [0.5, 0.6) is 0 Å². The van der Waals surface area contributed by atoms with Gasteiger partial charge in [0.1, 0.15) is 5.52 Å². The lowest BCUT2D eigenvalue weighted by Gasteiger charge is -2.15. The van der Waals surface area contributed by atoms with Gasteiger partial charge in [0.05, 0.1) is 22.4 Å². The van der Waals surface area contributed by atoms with Crippen molar-refractivity contribution in [2.45, 2.75) is 0 Å². The highest BCUT2D eigenvalue weighted by atomic mass is 16.3. The van der Waals surface area contributed by atoms with Crippen molar-refractivity contribution in [3.63, 3.8) is 0 Å². The molecule has 0 fully saturated rings. The summed E-state index contributed by atoms with van der Waals surface area (Å²) in [5.74, 6) is 0.626. The molecule has 0 aliphatic heterocycles. The molecule has 6 aromatic carbocycles. The minimum absolute atomic E-state index is 0.626. The predicted molar refractivity (Wildman–Crippen MR) is 166 cm³/mol. The molecule has 2 aromatic heterocycles. The third-order valence-corrected chi connectivity index (χ3v) is 7.53. The number of fused-ring (bicyclic) bond motifs is 3. The number of rotatable bonds is 4. The Morgan fingerprint density at radius 2 is 0.927 bits per heavy atom. The highest BCUT2D eigenvalue weighted by Crippen LogP contribution is 2.39. The van der Waals surface area contributed by atoms with Crippen LogP contribution in [0.3, 0.4) is 0 Å². The van der Waals surface area contributed by atoms with Gasteiger partial charge in [-0.2, -0.15) is 0 Å². The SMILES string of the molecule is c1ccc(-c2nc3ccccc3nc2-c2ccc(-c3ccc(-c4nc5ccccc5o4)cc3)c3ccccc23)cc1. The van der Waals surface area contributed by atoms with E-state index >= 15 is 0 Å². The van der Waals surface area contributed by atoms with E-state index in [0.29, 0.717) is 5.89 Å². The average Bonchev–Trinajstić information content (AvgIpc) is 3.49. The van der Waals surface area contributed by atoms with Gasteiger partial charge in [-0.25, -0.2) is 15.0 Å². The van der Waals surface area contributed by atoms with Crippen LogP contribution >= 0.6 is 0 Å². The van der Waals surface area contributed by atoms with Crippen molar-refractivity contribution in [1.29, 1.82) is 0 Å². The first kappa shape index (κ1) is 23.3. The van der Waals surface area contributed by atoms with Crippen molar-refractivity contribution in [2.75, 3.05) is 0 Å². The molecule has 8 rings (SSSR count). The van der Waals surface area contributed by atoms with Crippen LogP contribution in [0.2, 0.25) is 0 Å². The van der Waals surface area contributed by atoms with Gasteiger partial charge in [-0.05, 0) is 58.3 Å². The van der Waals surface area contributed by atoms with Crippen LogP contribution in [0, 0.1) is 0 Å². The zero-order chi connectivity index (χ0) is 27.2. The van der Waals surface area contributed by atoms with Crippen LogP contribution in [-0.2, 0) is 0 Å². The summed E-state index contributed by atoms with van der Waals surface area (Å²) in [7, 11) is 0. The van der Waals surface area contributed by atoms with Crippen molar-refractivity contribution in [1.82, 2.24) is 15.0 Å². The molecule has 0 N–H and O–H groups in total. The highest BCUT2D eigenvalue weighted by molar-refractivity contribution is 6.06. The summed E-state index contributed by atoms with van der Waals surface area (Å²) < 4.78 is 5.99. The van der Waals surface area contributed by atoms with E-state index in [-0.39, 0.29) is 0 Å². The first-order valence-corrected chi connectivity index (χ1v) is 13.6. The van der Waals surface area contributed by atoms with Crippen molar-refractivity contribution in [3.8, 4) is 45.1 Å². The Kier molecular flexibility index (Phi) is 5.42. The Labute approximate surface area is 236 Å². The molecule has 0 bridgehead atoms. The molecule has 192 valence electrons. The average molecular weight is 526 g/mol. The van der Waals surface area contributed by atoms with Gasteiger partial charge >= 0.3 is 0 Å². The quantitative estimate of drug-likeness (QED) is 0.230. The number of hydrogen-bond donors (Lipinski definition) is 0. The molecule has 8 aromatic rings. The van der Waals surface area contributed by atoms with Gasteiger partial charge in [0.2, 0.25) is 5.89 Å². The van der Waals surface area contributed by atoms with Crippen LogP contribution in [0.4, 0.5) is 0 Å². The zero-order valence-corrected chi connectivity index (χ0v) is 22.0. The van der Waals surface area contributed by atoms with Crippen LogP contribution < -0.4 is 0 Å². The van der Waals surface area contributed by atoms with Gasteiger partial charge in [0.25, 0.3) is 0 Å². The first-order chi connectivity index (χ1) is 20.3. The van der Waals surface area contributed by atoms with E-state index in [1.807, 2.05) is 66.7 Å². The molecule has 41 heavy (non-hydrogen) atoms. The van der Waals surface area contributed by atoms with Crippen LogP contribution in [0.1, 0.15) is 0 Å². The van der Waals surface area contributed by atoms with E-state index in [1.54, 1.807) is 0 Å². The number of benzene rings is 6. The largest absolute Gasteiger partial charge is 0.436 e. The fourth-order valence-corrected chi connectivity index (χ4v) is 5.53. The Morgan fingerprint density at radius 1 is 0.366 bits per heavy atom. The summed E-state index contributed by atoms with van der Waals surface area (Å²) in [6, 6.07) is 47.5. The summed E-state index contributed by atoms with van der Waals surface area (Å²) in [5.41, 5.74) is 10.5. The lowest BCUT2D eigenvalue weighted by molar-refractivity contribution is 0.620. The van der Waals surface area contributed by atoms with E-state index in [0.717, 1.165) is 72.1 Å². The third-order valence-electron chi connectivity index (χ3n) is 7.53. The summed E-state index contributed by atoms with van der Waals surface area (Å²) in [6.07, 6.45) is 0. The van der Waals surface area contributed by atoms with Gasteiger partial charge in [0, 0.05) is 16.7 Å². The molecule has 0 aliphatic rings. The molecule has 0 spiro atoms. The fraction of sp³-hybridized carbons (Fsp3) is 0. The smallest absolute Gasteiger partial charge is 0.227 e. The Hall–Kier alpha value is -5.61. The maximum absolute atomic E-state index is 5.99. The predicted octanol–water partition coefficient (Wildman–Crippen LogP) is 9.59. The molecular weight excluding hydrogens is 502 g/mol. The maximum Gasteiger partial charge on any atom is 0.227 e. The minimum atomic E-state index is 0.626. The van der Waals surface area contributed by atoms with Crippen molar-refractivity contribution in [3.05, 3.63) is 140 Å². The Balaban J connectivity index is 1.27. The van der Waals surface area contributed by atoms with E-state index in [2.05, 4.69) is 77.8 Å². The second kappa shape index (κ2) is 9.54. The molecule has 0 saturated heterocycles. The number of para-hydroxylation sites is 4. The Morgan fingerprint density at radius 3 is 1.66 bits per heavy atom. The fourth-order valence-electron chi connectivity index (χ4n) is 5.53. The molecule has 4 heteroatoms. The van der Waals surface area contributed by atoms with E-state index in [4.69, 9.17) is 14.4 Å². The van der Waals surface area contributed by atoms with Gasteiger partial charge < -0.3 is 4.42 Å². The second-order valence-electron chi connectivity index (χ2n) is 10.0. The number of nitrogens with zero attached hydrogens (tertiary/aromatic N) is 3. The summed E-state index contributed by atoms with van der Waals surface area (Å²) >= 11 is 0. The van der Waals surface area contributed by atoms with Crippen molar-refractivity contribution < 1.29 is 4.42 Å². The third kappa shape index (κ3) is 4.05. The summed E-state index contributed by atoms with van der Waals surface area (Å²) in [6.45, 7) is 0. The highest BCUT2D eigenvalue weighted by Gasteiger charge is 2.17. The van der Waals surface area contributed by atoms with Gasteiger partial charge in [-0.15, -0.1) is 0 Å². The minimum Gasteiger partial charge on any atom is -0.436 e. The van der Waals surface area contributed by atoms with Crippen LogP contribution in [0.15, 0.2) is 144 Å². The number of oxazole rings is 1. The molecule has 2 heterocycles. The number of aromatic nitrogens is 3. The Bertz CT molecular complexity index is 2170. The molecule has 0 saturated carbocycles. The van der Waals surface area contributed by atoms with E-state index in [9.17, 15) is 0 Å². The lowest BCUT2D eigenvalue weighted by Crippen LogP contribution is -1.96. The molecule has 0 radical (unpaired) electrons. The maximum atomic E-state index is 5.99. The van der Waals surface area contributed by atoms with E-state index < -0.39 is 0 Å². The molecule has 0 atom stereocenters. The monoisotopic (exact) mass is 525 g/mol. The second-order valence-corrected chi connectivity index (χ2v) is 10.0. The zero-order valence-electron chi connectivity index (χ0n) is 22.0. The van der Waals surface area contributed by atoms with Gasteiger partial charge in [-0.1, -0.05) is 103 Å².